The van der Waals surface area contributed by atoms with Crippen LogP contribution in [0.2, 0.25) is 0 Å². The van der Waals surface area contributed by atoms with Crippen LogP contribution >= 0.6 is 11.8 Å². The summed E-state index contributed by atoms with van der Waals surface area (Å²) in [5.74, 6) is 0. The van der Waals surface area contributed by atoms with Gasteiger partial charge in [-0.05, 0) is 24.3 Å². The molecule has 22 heavy (non-hydrogen) atoms. The first kappa shape index (κ1) is 14.3. The van der Waals surface area contributed by atoms with Crippen molar-refractivity contribution in [3.63, 3.8) is 0 Å². The quantitative estimate of drug-likeness (QED) is 0.533. The number of hydrogen-bond acceptors (Lipinski definition) is 5. The van der Waals surface area contributed by atoms with Crippen LogP contribution in [0.4, 0.5) is 5.69 Å². The molecule has 0 atom stereocenters. The van der Waals surface area contributed by atoms with Crippen molar-refractivity contribution in [1.29, 1.82) is 0 Å². The van der Waals surface area contributed by atoms with Gasteiger partial charge in [0.05, 0.1) is 17.2 Å². The first-order chi connectivity index (χ1) is 10.7. The first-order valence-corrected chi connectivity index (χ1v) is 7.37. The summed E-state index contributed by atoms with van der Waals surface area (Å²) in [6.45, 7) is 0.635. The molecule has 3 rings (SSSR count). The number of pyridine rings is 1. The van der Waals surface area contributed by atoms with Gasteiger partial charge >= 0.3 is 0 Å². The molecule has 0 aliphatic carbocycles. The fourth-order valence-electron chi connectivity index (χ4n) is 1.93. The fourth-order valence-corrected chi connectivity index (χ4v) is 2.77. The molecule has 6 nitrogen and oxygen atoms in total. The second kappa shape index (κ2) is 6.40. The summed E-state index contributed by atoms with van der Waals surface area (Å²) in [5.41, 5.74) is 1.03. The van der Waals surface area contributed by atoms with Gasteiger partial charge in [-0.15, -0.1) is 0 Å². The third-order valence-corrected chi connectivity index (χ3v) is 4.02. The molecule has 3 aromatic rings. The molecule has 0 bridgehead atoms. The van der Waals surface area contributed by atoms with Gasteiger partial charge in [0.15, 0.2) is 5.16 Å². The third kappa shape index (κ3) is 3.32. The van der Waals surface area contributed by atoms with Crippen molar-refractivity contribution in [2.45, 2.75) is 16.6 Å². The molecule has 110 valence electrons. The Morgan fingerprint density at radius 1 is 1.09 bits per heavy atom. The summed E-state index contributed by atoms with van der Waals surface area (Å²) >= 11 is 1.46. The lowest BCUT2D eigenvalue weighted by atomic mass is 10.3. The molecule has 2 aromatic heterocycles. The third-order valence-electron chi connectivity index (χ3n) is 2.99. The van der Waals surface area contributed by atoms with Gasteiger partial charge in [0.25, 0.3) is 5.69 Å². The van der Waals surface area contributed by atoms with Gasteiger partial charge in [0.2, 0.25) is 0 Å². The normalized spacial score (nSPS) is 10.5. The summed E-state index contributed by atoms with van der Waals surface area (Å²) in [5, 5.41) is 11.5. The Morgan fingerprint density at radius 2 is 1.91 bits per heavy atom. The zero-order chi connectivity index (χ0) is 15.4. The summed E-state index contributed by atoms with van der Waals surface area (Å²) in [4.78, 5) is 19.8. The molecule has 0 saturated heterocycles. The Hall–Kier alpha value is -2.67. The van der Waals surface area contributed by atoms with E-state index in [1.54, 1.807) is 24.5 Å². The Morgan fingerprint density at radius 3 is 2.59 bits per heavy atom. The summed E-state index contributed by atoms with van der Waals surface area (Å²) in [6, 6.07) is 12.2. The standard InChI is InChI=1S/C15H12N4O2S/c20-19(21)13-4-6-14(7-5-13)22-15-17-9-10-18(15)11-12-3-1-2-8-16-12/h1-10H,11H2. The molecule has 7 heteroatoms. The molecular weight excluding hydrogens is 300 g/mol. The fraction of sp³-hybridized carbons (Fsp3) is 0.0667. The van der Waals surface area contributed by atoms with E-state index in [2.05, 4.69) is 9.97 Å². The number of nitro groups is 1. The number of imidazole rings is 1. The minimum absolute atomic E-state index is 0.0844. The molecule has 0 aliphatic rings. The average molecular weight is 312 g/mol. The van der Waals surface area contributed by atoms with Gasteiger partial charge < -0.3 is 4.57 Å². The average Bonchev–Trinajstić information content (AvgIpc) is 2.96. The van der Waals surface area contributed by atoms with Crippen LogP contribution in [0.25, 0.3) is 0 Å². The van der Waals surface area contributed by atoms with Gasteiger partial charge in [-0.3, -0.25) is 15.1 Å². The topological polar surface area (TPSA) is 73.8 Å². The Balaban J connectivity index is 1.76. The van der Waals surface area contributed by atoms with Crippen LogP contribution in [0, 0.1) is 10.1 Å². The number of hydrogen-bond donors (Lipinski definition) is 0. The van der Waals surface area contributed by atoms with Crippen molar-refractivity contribution >= 4 is 17.4 Å². The number of rotatable bonds is 5. The second-order valence-corrected chi connectivity index (χ2v) is 5.55. The van der Waals surface area contributed by atoms with E-state index in [0.29, 0.717) is 6.54 Å². The highest BCUT2D eigenvalue weighted by molar-refractivity contribution is 7.99. The summed E-state index contributed by atoms with van der Waals surface area (Å²) in [6.07, 6.45) is 5.38. The predicted octanol–water partition coefficient (Wildman–Crippen LogP) is 3.39. The molecule has 1 aromatic carbocycles. The Kier molecular flexibility index (Phi) is 4.15. The van der Waals surface area contributed by atoms with Crippen molar-refractivity contribution < 1.29 is 4.92 Å². The lowest BCUT2D eigenvalue weighted by Crippen LogP contribution is -2.01. The van der Waals surface area contributed by atoms with Crippen molar-refractivity contribution in [2.75, 3.05) is 0 Å². The summed E-state index contributed by atoms with van der Waals surface area (Å²) in [7, 11) is 0. The number of benzene rings is 1. The van der Waals surface area contributed by atoms with Gasteiger partial charge in [-0.25, -0.2) is 4.98 Å². The van der Waals surface area contributed by atoms with Gasteiger partial charge in [0.1, 0.15) is 0 Å². The van der Waals surface area contributed by atoms with Gasteiger partial charge in [-0.2, -0.15) is 0 Å². The van der Waals surface area contributed by atoms with Gasteiger partial charge in [-0.1, -0.05) is 17.8 Å². The van der Waals surface area contributed by atoms with Crippen LogP contribution in [-0.2, 0) is 6.54 Å². The monoisotopic (exact) mass is 312 g/mol. The molecule has 0 radical (unpaired) electrons. The second-order valence-electron chi connectivity index (χ2n) is 4.51. The van der Waals surface area contributed by atoms with E-state index in [4.69, 9.17) is 0 Å². The molecule has 0 fully saturated rings. The van der Waals surface area contributed by atoms with Crippen LogP contribution in [-0.4, -0.2) is 19.5 Å². The minimum Gasteiger partial charge on any atom is -0.320 e. The lowest BCUT2D eigenvalue weighted by molar-refractivity contribution is -0.384. The van der Waals surface area contributed by atoms with E-state index in [1.807, 2.05) is 29.0 Å². The van der Waals surface area contributed by atoms with Crippen LogP contribution in [0.5, 0.6) is 0 Å². The highest BCUT2D eigenvalue weighted by Crippen LogP contribution is 2.28. The molecule has 0 spiro atoms. The maximum absolute atomic E-state index is 10.7. The highest BCUT2D eigenvalue weighted by atomic mass is 32.2. The molecule has 0 unspecified atom stereocenters. The molecule has 0 N–H and O–H groups in total. The highest BCUT2D eigenvalue weighted by Gasteiger charge is 2.09. The zero-order valence-corrected chi connectivity index (χ0v) is 12.3. The van der Waals surface area contributed by atoms with Crippen molar-refractivity contribution in [3.05, 3.63) is 76.9 Å². The van der Waals surface area contributed by atoms with Crippen molar-refractivity contribution in [2.24, 2.45) is 0 Å². The predicted molar refractivity (Wildman–Crippen MR) is 82.8 cm³/mol. The van der Waals surface area contributed by atoms with E-state index in [1.165, 1.54) is 23.9 Å². The zero-order valence-electron chi connectivity index (χ0n) is 11.5. The molecule has 0 amide bonds. The minimum atomic E-state index is -0.406. The largest absolute Gasteiger partial charge is 0.320 e. The van der Waals surface area contributed by atoms with Crippen molar-refractivity contribution in [3.8, 4) is 0 Å². The first-order valence-electron chi connectivity index (χ1n) is 6.56. The maximum Gasteiger partial charge on any atom is 0.269 e. The Labute approximate surface area is 131 Å². The number of aromatic nitrogens is 3. The van der Waals surface area contributed by atoms with Crippen LogP contribution in [0.15, 0.2) is 71.1 Å². The smallest absolute Gasteiger partial charge is 0.269 e. The SMILES string of the molecule is O=[N+]([O-])c1ccc(Sc2nccn2Cc2ccccn2)cc1. The van der Waals surface area contributed by atoms with E-state index in [0.717, 1.165) is 15.7 Å². The van der Waals surface area contributed by atoms with E-state index in [9.17, 15) is 10.1 Å². The Bertz CT molecular complexity index is 772. The molecule has 0 aliphatic heterocycles. The van der Waals surface area contributed by atoms with Crippen LogP contribution in [0.1, 0.15) is 5.69 Å². The number of non-ortho nitro benzene ring substituents is 1. The van der Waals surface area contributed by atoms with E-state index in [-0.39, 0.29) is 5.69 Å². The lowest BCUT2D eigenvalue weighted by Gasteiger charge is -2.06. The maximum atomic E-state index is 10.7. The van der Waals surface area contributed by atoms with E-state index >= 15 is 0 Å². The van der Waals surface area contributed by atoms with Crippen molar-refractivity contribution in [1.82, 2.24) is 14.5 Å². The van der Waals surface area contributed by atoms with Gasteiger partial charge in [0, 0.05) is 35.6 Å². The summed E-state index contributed by atoms with van der Waals surface area (Å²) < 4.78 is 1.99. The molecule has 2 heterocycles. The molecular formula is C15H12N4O2S. The van der Waals surface area contributed by atoms with Crippen LogP contribution < -0.4 is 0 Å². The number of nitrogens with zero attached hydrogens (tertiary/aromatic N) is 4. The molecule has 0 saturated carbocycles. The van der Waals surface area contributed by atoms with E-state index < -0.39 is 4.92 Å². The van der Waals surface area contributed by atoms with Crippen LogP contribution in [0.3, 0.4) is 0 Å². The number of nitro benzene ring substituents is 1.